The highest BCUT2D eigenvalue weighted by molar-refractivity contribution is 5.74. The third-order valence-corrected chi connectivity index (χ3v) is 3.20. The molecule has 5 nitrogen and oxygen atoms in total. The molecule has 0 aliphatic heterocycles. The molecule has 1 aliphatic rings. The first kappa shape index (κ1) is 10.1. The van der Waals surface area contributed by atoms with E-state index in [1.807, 2.05) is 0 Å². The molecule has 1 N–H and O–H groups in total. The van der Waals surface area contributed by atoms with Crippen molar-refractivity contribution in [1.82, 2.24) is 14.8 Å². The van der Waals surface area contributed by atoms with Crippen molar-refractivity contribution in [3.8, 4) is 0 Å². The van der Waals surface area contributed by atoms with Gasteiger partial charge >= 0.3 is 5.97 Å². The van der Waals surface area contributed by atoms with Crippen molar-refractivity contribution in [3.63, 3.8) is 0 Å². The molecule has 1 heterocycles. The van der Waals surface area contributed by atoms with Crippen LogP contribution in [0.5, 0.6) is 0 Å². The van der Waals surface area contributed by atoms with Crippen molar-refractivity contribution in [2.75, 3.05) is 0 Å². The van der Waals surface area contributed by atoms with Crippen molar-refractivity contribution < 1.29 is 9.90 Å². The number of hydrogen-bond donors (Lipinski definition) is 1. The number of carboxylic acid groups (broad SMARTS) is 1. The zero-order chi connectivity index (χ0) is 10.7. The summed E-state index contributed by atoms with van der Waals surface area (Å²) in [5.74, 6) is -0.697. The van der Waals surface area contributed by atoms with Crippen LogP contribution in [0.25, 0.3) is 0 Å². The Bertz CT molecular complexity index is 328. The monoisotopic (exact) mass is 209 g/mol. The Kier molecular flexibility index (Phi) is 2.70. The molecule has 2 rings (SSSR count). The molecule has 0 bridgehead atoms. The van der Waals surface area contributed by atoms with Crippen LogP contribution in [0.15, 0.2) is 12.7 Å². The maximum Gasteiger partial charge on any atom is 0.311 e. The number of aliphatic carboxylic acids is 1. The van der Waals surface area contributed by atoms with Gasteiger partial charge < -0.3 is 5.11 Å². The summed E-state index contributed by atoms with van der Waals surface area (Å²) in [6, 6.07) is 0. The van der Waals surface area contributed by atoms with Crippen LogP contribution in [-0.2, 0) is 11.3 Å². The van der Waals surface area contributed by atoms with Gasteiger partial charge in [-0.05, 0) is 12.8 Å². The summed E-state index contributed by atoms with van der Waals surface area (Å²) < 4.78 is 1.62. The lowest BCUT2D eigenvalue weighted by Gasteiger charge is -2.32. The van der Waals surface area contributed by atoms with Crippen LogP contribution < -0.4 is 0 Å². The van der Waals surface area contributed by atoms with Gasteiger partial charge in [-0.1, -0.05) is 19.3 Å². The number of hydrogen-bond acceptors (Lipinski definition) is 3. The van der Waals surface area contributed by atoms with Gasteiger partial charge in [-0.15, -0.1) is 0 Å². The zero-order valence-corrected chi connectivity index (χ0v) is 8.59. The van der Waals surface area contributed by atoms with Crippen LogP contribution in [0, 0.1) is 5.41 Å². The smallest absolute Gasteiger partial charge is 0.311 e. The Morgan fingerprint density at radius 1 is 1.40 bits per heavy atom. The van der Waals surface area contributed by atoms with E-state index in [0.29, 0.717) is 6.54 Å². The van der Waals surface area contributed by atoms with Crippen LogP contribution >= 0.6 is 0 Å². The van der Waals surface area contributed by atoms with Crippen molar-refractivity contribution >= 4 is 5.97 Å². The number of aromatic nitrogens is 3. The van der Waals surface area contributed by atoms with Crippen LogP contribution in [0.3, 0.4) is 0 Å². The maximum absolute atomic E-state index is 11.3. The van der Waals surface area contributed by atoms with Crippen molar-refractivity contribution in [3.05, 3.63) is 12.7 Å². The topological polar surface area (TPSA) is 68.0 Å². The average molecular weight is 209 g/mol. The largest absolute Gasteiger partial charge is 0.481 e. The van der Waals surface area contributed by atoms with Crippen LogP contribution in [0.2, 0.25) is 0 Å². The van der Waals surface area contributed by atoms with E-state index in [1.165, 1.54) is 6.33 Å². The summed E-state index contributed by atoms with van der Waals surface area (Å²) in [6.07, 6.45) is 7.68. The Balaban J connectivity index is 2.15. The van der Waals surface area contributed by atoms with E-state index in [1.54, 1.807) is 11.0 Å². The average Bonchev–Trinajstić information content (AvgIpc) is 2.71. The van der Waals surface area contributed by atoms with Crippen LogP contribution in [0.1, 0.15) is 32.1 Å². The molecular weight excluding hydrogens is 194 g/mol. The third kappa shape index (κ3) is 2.00. The first-order valence-electron chi connectivity index (χ1n) is 5.29. The third-order valence-electron chi connectivity index (χ3n) is 3.20. The molecule has 1 aromatic heterocycles. The molecule has 0 atom stereocenters. The molecule has 1 aliphatic carbocycles. The molecule has 1 fully saturated rings. The van der Waals surface area contributed by atoms with Gasteiger partial charge in [-0.3, -0.25) is 9.48 Å². The molecular formula is C10H15N3O2. The molecule has 0 aromatic carbocycles. The zero-order valence-electron chi connectivity index (χ0n) is 8.59. The van der Waals surface area contributed by atoms with E-state index in [4.69, 9.17) is 0 Å². The van der Waals surface area contributed by atoms with Gasteiger partial charge in [-0.25, -0.2) is 4.98 Å². The second-order valence-corrected chi connectivity index (χ2v) is 4.24. The first-order chi connectivity index (χ1) is 7.23. The summed E-state index contributed by atoms with van der Waals surface area (Å²) in [5.41, 5.74) is -0.619. The fraction of sp³-hybridized carbons (Fsp3) is 0.700. The number of carbonyl (C=O) groups is 1. The summed E-state index contributed by atoms with van der Waals surface area (Å²) in [5, 5.41) is 13.3. The predicted molar refractivity (Wildman–Crippen MR) is 53.2 cm³/mol. The molecule has 1 aromatic rings. The van der Waals surface area contributed by atoms with E-state index in [-0.39, 0.29) is 0 Å². The fourth-order valence-corrected chi connectivity index (χ4v) is 2.29. The van der Waals surface area contributed by atoms with Crippen molar-refractivity contribution in [2.45, 2.75) is 38.6 Å². The van der Waals surface area contributed by atoms with Gasteiger partial charge in [0.2, 0.25) is 0 Å². The Morgan fingerprint density at radius 3 is 2.67 bits per heavy atom. The van der Waals surface area contributed by atoms with E-state index in [0.717, 1.165) is 32.1 Å². The SMILES string of the molecule is O=C(O)C1(Cn2cncn2)CCCCC1. The molecule has 0 saturated heterocycles. The predicted octanol–water partition coefficient (Wildman–Crippen LogP) is 1.31. The maximum atomic E-state index is 11.3. The minimum Gasteiger partial charge on any atom is -0.481 e. The molecule has 15 heavy (non-hydrogen) atoms. The number of nitrogens with zero attached hydrogens (tertiary/aromatic N) is 3. The fourth-order valence-electron chi connectivity index (χ4n) is 2.29. The van der Waals surface area contributed by atoms with Gasteiger partial charge in [0.1, 0.15) is 12.7 Å². The quantitative estimate of drug-likeness (QED) is 0.815. The molecule has 0 radical (unpaired) electrons. The lowest BCUT2D eigenvalue weighted by Crippen LogP contribution is -2.37. The second kappa shape index (κ2) is 4.00. The minimum absolute atomic E-state index is 0.447. The highest BCUT2D eigenvalue weighted by Crippen LogP contribution is 2.37. The number of carboxylic acids is 1. The van der Waals surface area contributed by atoms with Gasteiger partial charge in [0, 0.05) is 0 Å². The molecule has 5 heteroatoms. The molecule has 1 saturated carbocycles. The van der Waals surface area contributed by atoms with Gasteiger partial charge in [-0.2, -0.15) is 5.10 Å². The lowest BCUT2D eigenvalue weighted by atomic mass is 9.74. The molecule has 0 amide bonds. The van der Waals surface area contributed by atoms with E-state index in [9.17, 15) is 9.90 Å². The normalized spacial score (nSPS) is 20.0. The van der Waals surface area contributed by atoms with Gasteiger partial charge in [0.05, 0.1) is 12.0 Å². The minimum atomic E-state index is -0.697. The van der Waals surface area contributed by atoms with E-state index in [2.05, 4.69) is 10.1 Å². The molecule has 0 unspecified atom stereocenters. The Labute approximate surface area is 88.1 Å². The van der Waals surface area contributed by atoms with Gasteiger partial charge in [0.25, 0.3) is 0 Å². The Hall–Kier alpha value is -1.39. The van der Waals surface area contributed by atoms with Crippen molar-refractivity contribution in [2.24, 2.45) is 5.41 Å². The summed E-state index contributed by atoms with van der Waals surface area (Å²) >= 11 is 0. The van der Waals surface area contributed by atoms with E-state index >= 15 is 0 Å². The summed E-state index contributed by atoms with van der Waals surface area (Å²) in [6.45, 7) is 0.447. The van der Waals surface area contributed by atoms with E-state index < -0.39 is 11.4 Å². The highest BCUT2D eigenvalue weighted by atomic mass is 16.4. The molecule has 0 spiro atoms. The lowest BCUT2D eigenvalue weighted by molar-refractivity contribution is -0.152. The summed E-state index contributed by atoms with van der Waals surface area (Å²) in [7, 11) is 0. The highest BCUT2D eigenvalue weighted by Gasteiger charge is 2.40. The van der Waals surface area contributed by atoms with Gasteiger partial charge in [0.15, 0.2) is 0 Å². The molecule has 82 valence electrons. The first-order valence-corrected chi connectivity index (χ1v) is 5.29. The number of rotatable bonds is 3. The Morgan fingerprint density at radius 2 is 2.13 bits per heavy atom. The van der Waals surface area contributed by atoms with Crippen LogP contribution in [0.4, 0.5) is 0 Å². The second-order valence-electron chi connectivity index (χ2n) is 4.24. The van der Waals surface area contributed by atoms with Crippen molar-refractivity contribution in [1.29, 1.82) is 0 Å². The standard InChI is InChI=1S/C10H15N3O2/c14-9(15)10(4-2-1-3-5-10)6-13-8-11-7-12-13/h7-8H,1-6H2,(H,14,15). The summed E-state index contributed by atoms with van der Waals surface area (Å²) in [4.78, 5) is 15.2. The van der Waals surface area contributed by atoms with Crippen LogP contribution in [-0.4, -0.2) is 25.8 Å².